The van der Waals surface area contributed by atoms with Crippen LogP contribution in [0, 0.1) is 0 Å². The number of carbonyl (C=O) groups is 2. The van der Waals surface area contributed by atoms with Crippen molar-refractivity contribution in [2.45, 2.75) is 13.0 Å². The van der Waals surface area contributed by atoms with Crippen molar-refractivity contribution in [3.63, 3.8) is 0 Å². The molecule has 33 heavy (non-hydrogen) atoms. The minimum Gasteiger partial charge on any atom is -0.378 e. The molecule has 1 N–H and O–H groups in total. The lowest BCUT2D eigenvalue weighted by Crippen LogP contribution is -2.36. The third-order valence-electron chi connectivity index (χ3n) is 5.63. The highest BCUT2D eigenvalue weighted by molar-refractivity contribution is 5.94. The number of anilines is 2. The summed E-state index contributed by atoms with van der Waals surface area (Å²) in [5.74, 6) is -0.450. The van der Waals surface area contributed by atoms with Crippen molar-refractivity contribution in [3.8, 4) is 0 Å². The van der Waals surface area contributed by atoms with E-state index in [2.05, 4.69) is 15.3 Å². The number of hydrogen-bond acceptors (Lipinski definition) is 6. The summed E-state index contributed by atoms with van der Waals surface area (Å²) >= 11 is 0. The van der Waals surface area contributed by atoms with Gasteiger partial charge in [0.25, 0.3) is 0 Å². The average molecular weight is 450 g/mol. The minimum absolute atomic E-state index is 0.0532. The Morgan fingerprint density at radius 1 is 1.09 bits per heavy atom. The molecule has 2 amide bonds. The number of nitrogens with zero attached hydrogens (tertiary/aromatic N) is 4. The molecule has 172 valence electrons. The largest absolute Gasteiger partial charge is 0.378 e. The zero-order valence-corrected chi connectivity index (χ0v) is 18.6. The van der Waals surface area contributed by atoms with E-state index in [-0.39, 0.29) is 30.2 Å². The molecule has 1 saturated heterocycles. The van der Waals surface area contributed by atoms with Crippen LogP contribution in [0.3, 0.4) is 0 Å². The van der Waals surface area contributed by atoms with Crippen LogP contribution in [0.15, 0.2) is 59.5 Å². The van der Waals surface area contributed by atoms with E-state index >= 15 is 0 Å². The van der Waals surface area contributed by atoms with Gasteiger partial charge in [0.1, 0.15) is 0 Å². The smallest absolute Gasteiger partial charge is 0.243 e. The van der Waals surface area contributed by atoms with Crippen LogP contribution in [0.1, 0.15) is 6.42 Å². The lowest BCUT2D eigenvalue weighted by Gasteiger charge is -2.28. The number of hydrogen-bond donors (Lipinski definition) is 1. The normalized spacial score (nSPS) is 13.7. The molecule has 0 radical (unpaired) electrons. The number of rotatable bonds is 7. The Hall–Kier alpha value is -3.72. The molecule has 4 rings (SSSR count). The molecular formula is C24H27N5O4. The summed E-state index contributed by atoms with van der Waals surface area (Å²) < 4.78 is 7.01. The number of morpholine rings is 1. The molecule has 0 unspecified atom stereocenters. The van der Waals surface area contributed by atoms with Crippen LogP contribution in [0.25, 0.3) is 10.9 Å². The highest BCUT2D eigenvalue weighted by Gasteiger charge is 2.15. The van der Waals surface area contributed by atoms with Gasteiger partial charge < -0.3 is 19.9 Å². The third kappa shape index (κ3) is 5.56. The third-order valence-corrected chi connectivity index (χ3v) is 5.63. The van der Waals surface area contributed by atoms with E-state index in [9.17, 15) is 14.4 Å². The van der Waals surface area contributed by atoms with Gasteiger partial charge in [0.15, 0.2) is 0 Å². The van der Waals surface area contributed by atoms with Gasteiger partial charge in [0.05, 0.1) is 38.0 Å². The Morgan fingerprint density at radius 2 is 1.82 bits per heavy atom. The van der Waals surface area contributed by atoms with Crippen LogP contribution < -0.4 is 15.6 Å². The molecule has 1 aromatic heterocycles. The molecule has 1 aliphatic rings. The van der Waals surface area contributed by atoms with E-state index in [0.717, 1.165) is 18.8 Å². The second-order valence-electron chi connectivity index (χ2n) is 7.94. The number of aryl methyl sites for hydroxylation is 1. The predicted octanol–water partition coefficient (Wildman–Crippen LogP) is 1.72. The van der Waals surface area contributed by atoms with Gasteiger partial charge in [-0.05, 0) is 36.4 Å². The van der Waals surface area contributed by atoms with Crippen LogP contribution in [0.4, 0.5) is 11.4 Å². The van der Waals surface area contributed by atoms with Crippen molar-refractivity contribution in [2.75, 3.05) is 50.1 Å². The standard InChI is InChI=1S/C24H27N5O4/c1-27(24(32)10-11-29-21-5-3-2-4-20(21)22(30)16-25-29)17-23(31)26-18-6-8-19(9-7-18)28-12-14-33-15-13-28/h2-9,16H,10-15,17H2,1H3,(H,26,31). The predicted molar refractivity (Wildman–Crippen MR) is 126 cm³/mol. The molecule has 0 atom stereocenters. The molecule has 3 aromatic rings. The first-order valence-electron chi connectivity index (χ1n) is 10.9. The van der Waals surface area contributed by atoms with E-state index in [4.69, 9.17) is 4.74 Å². The first kappa shape index (κ1) is 22.5. The topological polar surface area (TPSA) is 96.8 Å². The van der Waals surface area contributed by atoms with Crippen LogP contribution >= 0.6 is 0 Å². The molecule has 0 aliphatic carbocycles. The van der Waals surface area contributed by atoms with Gasteiger partial charge in [-0.2, -0.15) is 5.10 Å². The van der Waals surface area contributed by atoms with Crippen molar-refractivity contribution in [1.29, 1.82) is 0 Å². The van der Waals surface area contributed by atoms with Crippen molar-refractivity contribution in [3.05, 3.63) is 65.0 Å². The second kappa shape index (κ2) is 10.3. The summed E-state index contributed by atoms with van der Waals surface area (Å²) in [6, 6.07) is 14.8. The van der Waals surface area contributed by atoms with Crippen LogP contribution in [-0.2, 0) is 20.9 Å². The first-order chi connectivity index (χ1) is 16.0. The quantitative estimate of drug-likeness (QED) is 0.590. The maximum absolute atomic E-state index is 12.6. The monoisotopic (exact) mass is 449 g/mol. The number of amides is 2. The fourth-order valence-electron chi connectivity index (χ4n) is 3.81. The van der Waals surface area contributed by atoms with Gasteiger partial charge in [0.2, 0.25) is 17.2 Å². The Labute approximate surface area is 191 Å². The summed E-state index contributed by atoms with van der Waals surface area (Å²) in [7, 11) is 1.60. The summed E-state index contributed by atoms with van der Waals surface area (Å²) in [5.41, 5.74) is 2.30. The van der Waals surface area contributed by atoms with Gasteiger partial charge in [-0.1, -0.05) is 12.1 Å². The van der Waals surface area contributed by atoms with Crippen LogP contribution in [0.2, 0.25) is 0 Å². The van der Waals surface area contributed by atoms with Crippen molar-refractivity contribution >= 4 is 34.1 Å². The Morgan fingerprint density at radius 3 is 2.58 bits per heavy atom. The highest BCUT2D eigenvalue weighted by Crippen LogP contribution is 2.19. The highest BCUT2D eigenvalue weighted by atomic mass is 16.5. The summed E-state index contributed by atoms with van der Waals surface area (Å²) in [5, 5.41) is 7.54. The Bertz CT molecular complexity index is 1190. The van der Waals surface area contributed by atoms with Crippen LogP contribution in [-0.4, -0.2) is 66.4 Å². The number of carbonyl (C=O) groups excluding carboxylic acids is 2. The Balaban J connectivity index is 1.28. The van der Waals surface area contributed by atoms with E-state index in [1.807, 2.05) is 30.3 Å². The fraction of sp³-hybridized carbons (Fsp3) is 0.333. The van der Waals surface area contributed by atoms with Gasteiger partial charge in [0, 0.05) is 43.3 Å². The molecule has 1 aliphatic heterocycles. The number of para-hydroxylation sites is 1. The summed E-state index contributed by atoms with van der Waals surface area (Å²) in [6.45, 7) is 3.39. The average Bonchev–Trinajstić information content (AvgIpc) is 2.84. The van der Waals surface area contributed by atoms with Crippen molar-refractivity contribution < 1.29 is 14.3 Å². The first-order valence-corrected chi connectivity index (χ1v) is 10.9. The van der Waals surface area contributed by atoms with Gasteiger partial charge in [-0.3, -0.25) is 19.1 Å². The molecule has 0 bridgehead atoms. The van der Waals surface area contributed by atoms with E-state index in [1.54, 1.807) is 29.9 Å². The maximum atomic E-state index is 12.6. The number of nitrogens with one attached hydrogen (secondary N) is 1. The van der Waals surface area contributed by atoms with E-state index < -0.39 is 0 Å². The SMILES string of the molecule is CN(CC(=O)Nc1ccc(N2CCOCC2)cc1)C(=O)CCn1ncc(=O)c2ccccc21. The fourth-order valence-corrected chi connectivity index (χ4v) is 3.81. The molecule has 2 aromatic carbocycles. The van der Waals surface area contributed by atoms with Gasteiger partial charge >= 0.3 is 0 Å². The van der Waals surface area contributed by atoms with E-state index in [1.165, 1.54) is 11.1 Å². The number of ether oxygens (including phenoxy) is 1. The number of fused-ring (bicyclic) bond motifs is 1. The number of likely N-dealkylation sites (N-methyl/N-ethyl adjacent to an activating group) is 1. The van der Waals surface area contributed by atoms with Gasteiger partial charge in [-0.25, -0.2) is 0 Å². The number of benzene rings is 2. The minimum atomic E-state index is -0.267. The molecule has 0 spiro atoms. The molecule has 2 heterocycles. The van der Waals surface area contributed by atoms with Gasteiger partial charge in [-0.15, -0.1) is 0 Å². The second-order valence-corrected chi connectivity index (χ2v) is 7.94. The zero-order valence-electron chi connectivity index (χ0n) is 18.6. The zero-order chi connectivity index (χ0) is 23.2. The van der Waals surface area contributed by atoms with Crippen molar-refractivity contribution in [1.82, 2.24) is 14.7 Å². The number of aromatic nitrogens is 2. The van der Waals surface area contributed by atoms with Crippen molar-refractivity contribution in [2.24, 2.45) is 0 Å². The molecule has 9 heteroatoms. The van der Waals surface area contributed by atoms with Crippen LogP contribution in [0.5, 0.6) is 0 Å². The lowest BCUT2D eigenvalue weighted by molar-refractivity contribution is -0.133. The Kier molecular flexibility index (Phi) is 6.99. The summed E-state index contributed by atoms with van der Waals surface area (Å²) in [4.78, 5) is 40.5. The maximum Gasteiger partial charge on any atom is 0.243 e. The van der Waals surface area contributed by atoms with E-state index in [0.29, 0.717) is 36.3 Å². The lowest BCUT2D eigenvalue weighted by atomic mass is 10.2. The molecular weight excluding hydrogens is 422 g/mol. The molecule has 0 saturated carbocycles. The molecule has 9 nitrogen and oxygen atoms in total. The summed E-state index contributed by atoms with van der Waals surface area (Å²) in [6.07, 6.45) is 1.42. The molecule has 1 fully saturated rings.